The lowest BCUT2D eigenvalue weighted by Crippen LogP contribution is -2.46. The Hall–Kier alpha value is -0.480. The van der Waals surface area contributed by atoms with Gasteiger partial charge in [0.15, 0.2) is 0 Å². The topological polar surface area (TPSA) is 92.7 Å². The summed E-state index contributed by atoms with van der Waals surface area (Å²) in [6.45, 7) is 3.54. The van der Waals surface area contributed by atoms with Crippen molar-refractivity contribution in [2.24, 2.45) is 0 Å². The highest BCUT2D eigenvalue weighted by molar-refractivity contribution is 9.11. The van der Waals surface area contributed by atoms with E-state index >= 15 is 0 Å². The van der Waals surface area contributed by atoms with Gasteiger partial charge in [0, 0.05) is 7.11 Å². The number of nitrogens with one attached hydrogen (secondary N) is 1. The number of carboxylic acids is 1. The van der Waals surface area contributed by atoms with Gasteiger partial charge in [0.05, 0.1) is 15.9 Å². The Morgan fingerprint density at radius 1 is 1.58 bits per heavy atom. The van der Waals surface area contributed by atoms with Crippen LogP contribution in [0.1, 0.15) is 23.5 Å². The predicted octanol–water partition coefficient (Wildman–Crippen LogP) is 1.91. The lowest BCUT2D eigenvalue weighted by atomic mass is 10.1. The zero-order valence-electron chi connectivity index (χ0n) is 10.6. The second-order valence-electron chi connectivity index (χ2n) is 4.48. The summed E-state index contributed by atoms with van der Waals surface area (Å²) in [7, 11) is -2.34. The maximum absolute atomic E-state index is 12.2. The Balaban J connectivity index is 3.11. The van der Waals surface area contributed by atoms with Gasteiger partial charge in [-0.25, -0.2) is 17.9 Å². The SMILES string of the molecule is COCC(C)(C)NS(=O)(=O)c1cc(C(=O)O)sc1Br. The van der Waals surface area contributed by atoms with E-state index in [2.05, 4.69) is 20.7 Å². The van der Waals surface area contributed by atoms with Crippen LogP contribution in [0.3, 0.4) is 0 Å². The first-order valence-corrected chi connectivity index (χ1v) is 8.24. The van der Waals surface area contributed by atoms with Gasteiger partial charge < -0.3 is 9.84 Å². The summed E-state index contributed by atoms with van der Waals surface area (Å²) in [5, 5.41) is 8.86. The van der Waals surface area contributed by atoms with E-state index in [1.807, 2.05) is 0 Å². The van der Waals surface area contributed by atoms with Crippen LogP contribution in [-0.4, -0.2) is 38.7 Å². The molecule has 0 bridgehead atoms. The van der Waals surface area contributed by atoms with E-state index in [0.717, 1.165) is 17.4 Å². The van der Waals surface area contributed by atoms with Gasteiger partial charge in [0.2, 0.25) is 10.0 Å². The number of rotatable bonds is 6. The highest BCUT2D eigenvalue weighted by atomic mass is 79.9. The van der Waals surface area contributed by atoms with Crippen molar-refractivity contribution in [2.75, 3.05) is 13.7 Å². The number of carboxylic acid groups (broad SMARTS) is 1. The van der Waals surface area contributed by atoms with Crippen molar-refractivity contribution in [3.63, 3.8) is 0 Å². The Morgan fingerprint density at radius 2 is 2.16 bits per heavy atom. The summed E-state index contributed by atoms with van der Waals surface area (Å²) in [6, 6.07) is 1.13. The van der Waals surface area contributed by atoms with Crippen molar-refractivity contribution in [2.45, 2.75) is 24.3 Å². The fraction of sp³-hybridized carbons (Fsp3) is 0.500. The number of hydrogen-bond donors (Lipinski definition) is 2. The molecule has 0 atom stereocenters. The molecular weight excluding hydrogens is 358 g/mol. The third-order valence-electron chi connectivity index (χ3n) is 2.07. The zero-order valence-corrected chi connectivity index (χ0v) is 13.8. The Kier molecular flexibility index (Phi) is 5.13. The molecule has 1 aromatic rings. The highest BCUT2D eigenvalue weighted by Crippen LogP contribution is 2.32. The van der Waals surface area contributed by atoms with Crippen LogP contribution in [0, 0.1) is 0 Å². The minimum atomic E-state index is -3.81. The van der Waals surface area contributed by atoms with Crippen molar-refractivity contribution in [1.29, 1.82) is 0 Å². The van der Waals surface area contributed by atoms with E-state index in [4.69, 9.17) is 9.84 Å². The Bertz CT molecular complexity index is 579. The number of methoxy groups -OCH3 is 1. The molecule has 9 heteroatoms. The molecule has 19 heavy (non-hydrogen) atoms. The molecule has 1 heterocycles. The van der Waals surface area contributed by atoms with E-state index in [-0.39, 0.29) is 20.2 Å². The number of hydrogen-bond acceptors (Lipinski definition) is 5. The number of aromatic carboxylic acids is 1. The Morgan fingerprint density at radius 3 is 2.58 bits per heavy atom. The average molecular weight is 372 g/mol. The molecule has 0 spiro atoms. The summed E-state index contributed by atoms with van der Waals surface area (Å²) < 4.78 is 32.1. The molecule has 1 rings (SSSR count). The molecule has 0 aliphatic heterocycles. The first kappa shape index (κ1) is 16.6. The van der Waals surface area contributed by atoms with Gasteiger partial charge in [0.1, 0.15) is 9.77 Å². The van der Waals surface area contributed by atoms with Gasteiger partial charge in [0.25, 0.3) is 0 Å². The van der Waals surface area contributed by atoms with Crippen molar-refractivity contribution in [3.05, 3.63) is 14.7 Å². The van der Waals surface area contributed by atoms with Crippen molar-refractivity contribution in [3.8, 4) is 0 Å². The molecule has 0 radical (unpaired) electrons. The molecule has 1 aromatic heterocycles. The first-order chi connectivity index (χ1) is 8.59. The summed E-state index contributed by atoms with van der Waals surface area (Å²) in [5.41, 5.74) is -0.793. The minimum Gasteiger partial charge on any atom is -0.477 e. The molecule has 0 saturated heterocycles. The number of carbonyl (C=O) groups is 1. The molecule has 0 aromatic carbocycles. The lowest BCUT2D eigenvalue weighted by Gasteiger charge is -2.24. The van der Waals surface area contributed by atoms with Crippen molar-refractivity contribution >= 4 is 43.3 Å². The number of halogens is 1. The van der Waals surface area contributed by atoms with Gasteiger partial charge in [-0.2, -0.15) is 0 Å². The largest absolute Gasteiger partial charge is 0.477 e. The molecule has 0 fully saturated rings. The van der Waals surface area contributed by atoms with Crippen LogP contribution in [0.4, 0.5) is 0 Å². The molecule has 0 saturated carbocycles. The fourth-order valence-electron chi connectivity index (χ4n) is 1.45. The fourth-order valence-corrected chi connectivity index (χ4v) is 5.25. The van der Waals surface area contributed by atoms with Crippen LogP contribution in [0.25, 0.3) is 0 Å². The van der Waals surface area contributed by atoms with Crippen LogP contribution in [0.15, 0.2) is 14.7 Å². The zero-order chi connectivity index (χ0) is 14.8. The maximum atomic E-state index is 12.2. The first-order valence-electron chi connectivity index (χ1n) is 5.14. The Labute approximate surface area is 124 Å². The minimum absolute atomic E-state index is 0.0446. The quantitative estimate of drug-likeness (QED) is 0.796. The summed E-state index contributed by atoms with van der Waals surface area (Å²) >= 11 is 3.93. The third kappa shape index (κ3) is 4.25. The smallest absolute Gasteiger partial charge is 0.345 e. The second kappa shape index (κ2) is 5.88. The summed E-state index contributed by atoms with van der Waals surface area (Å²) in [5.74, 6) is -1.16. The maximum Gasteiger partial charge on any atom is 0.345 e. The van der Waals surface area contributed by atoms with Crippen LogP contribution in [0.2, 0.25) is 0 Å². The number of sulfonamides is 1. The van der Waals surface area contributed by atoms with Crippen LogP contribution >= 0.6 is 27.3 Å². The standard InChI is InChI=1S/C10H14BrNO5S2/c1-10(2,5-17-3)12-19(15,16)7-4-6(9(13)14)18-8(7)11/h4,12H,5H2,1-3H3,(H,13,14). The van der Waals surface area contributed by atoms with E-state index in [1.165, 1.54) is 7.11 Å². The van der Waals surface area contributed by atoms with Crippen molar-refractivity contribution in [1.82, 2.24) is 4.72 Å². The van der Waals surface area contributed by atoms with E-state index in [0.29, 0.717) is 0 Å². The summed E-state index contributed by atoms with van der Waals surface area (Å²) in [6.07, 6.45) is 0. The van der Waals surface area contributed by atoms with Crippen LogP contribution in [0.5, 0.6) is 0 Å². The highest BCUT2D eigenvalue weighted by Gasteiger charge is 2.29. The molecule has 6 nitrogen and oxygen atoms in total. The van der Waals surface area contributed by atoms with Crippen LogP contribution in [-0.2, 0) is 14.8 Å². The van der Waals surface area contributed by atoms with E-state index in [1.54, 1.807) is 13.8 Å². The van der Waals surface area contributed by atoms with Gasteiger partial charge in [-0.05, 0) is 35.8 Å². The van der Waals surface area contributed by atoms with Gasteiger partial charge in [-0.1, -0.05) is 0 Å². The lowest BCUT2D eigenvalue weighted by molar-refractivity contribution is 0.0702. The molecule has 0 unspecified atom stereocenters. The van der Waals surface area contributed by atoms with E-state index < -0.39 is 21.5 Å². The van der Waals surface area contributed by atoms with E-state index in [9.17, 15) is 13.2 Å². The average Bonchev–Trinajstić information content (AvgIpc) is 2.59. The normalized spacial score (nSPS) is 12.6. The monoisotopic (exact) mass is 371 g/mol. The van der Waals surface area contributed by atoms with Crippen molar-refractivity contribution < 1.29 is 23.1 Å². The second-order valence-corrected chi connectivity index (χ2v) is 8.50. The van der Waals surface area contributed by atoms with Crippen LogP contribution < -0.4 is 4.72 Å². The third-order valence-corrected chi connectivity index (χ3v) is 6.01. The molecule has 108 valence electrons. The predicted molar refractivity (Wildman–Crippen MR) is 75.3 cm³/mol. The molecule has 0 aliphatic carbocycles. The molecule has 0 amide bonds. The van der Waals surface area contributed by atoms with Gasteiger partial charge in [-0.15, -0.1) is 11.3 Å². The molecular formula is C10H14BrNO5S2. The van der Waals surface area contributed by atoms with Gasteiger partial charge in [-0.3, -0.25) is 0 Å². The molecule has 2 N–H and O–H groups in total. The van der Waals surface area contributed by atoms with Gasteiger partial charge >= 0.3 is 5.97 Å². The number of thiophene rings is 1. The summed E-state index contributed by atoms with van der Waals surface area (Å²) in [4.78, 5) is 10.7. The molecule has 0 aliphatic rings. The number of ether oxygens (including phenoxy) is 1.